The Morgan fingerprint density at radius 3 is 2.94 bits per heavy atom. The molecule has 1 atom stereocenters. The van der Waals surface area contributed by atoms with E-state index in [2.05, 4.69) is 41.1 Å². The van der Waals surface area contributed by atoms with Crippen molar-refractivity contribution in [3.8, 4) is 0 Å². The van der Waals surface area contributed by atoms with E-state index < -0.39 is 0 Å². The Labute approximate surface area is 112 Å². The van der Waals surface area contributed by atoms with Crippen LogP contribution in [0.5, 0.6) is 0 Å². The highest BCUT2D eigenvalue weighted by Crippen LogP contribution is 2.35. The Hall–Kier alpha value is -0.930. The van der Waals surface area contributed by atoms with Crippen molar-refractivity contribution in [1.29, 1.82) is 0 Å². The van der Waals surface area contributed by atoms with Crippen molar-refractivity contribution in [3.05, 3.63) is 29.3 Å². The van der Waals surface area contributed by atoms with Crippen LogP contribution >= 0.6 is 11.3 Å². The van der Waals surface area contributed by atoms with Gasteiger partial charge in [0, 0.05) is 12.2 Å². The highest BCUT2D eigenvalue weighted by Gasteiger charge is 2.24. The summed E-state index contributed by atoms with van der Waals surface area (Å²) in [5.74, 6) is 0.781. The van der Waals surface area contributed by atoms with E-state index in [1.54, 1.807) is 11.3 Å². The van der Waals surface area contributed by atoms with E-state index in [0.717, 1.165) is 11.4 Å². The summed E-state index contributed by atoms with van der Waals surface area (Å²) in [4.78, 5) is 4.58. The van der Waals surface area contributed by atoms with Crippen LogP contribution in [0.1, 0.15) is 43.7 Å². The molecule has 0 saturated heterocycles. The SMILES string of the molecule is CNC(c1cnc2ccsc2c1)C1CCCCC1. The minimum atomic E-state index is 0.476. The third-order valence-electron chi connectivity index (χ3n) is 4.12. The quantitative estimate of drug-likeness (QED) is 0.897. The van der Waals surface area contributed by atoms with Gasteiger partial charge in [0.1, 0.15) is 0 Å². The summed E-state index contributed by atoms with van der Waals surface area (Å²) in [6.45, 7) is 0. The topological polar surface area (TPSA) is 24.9 Å². The molecular formula is C15H20N2S. The van der Waals surface area contributed by atoms with Gasteiger partial charge in [0.15, 0.2) is 0 Å². The summed E-state index contributed by atoms with van der Waals surface area (Å²) >= 11 is 1.79. The molecule has 0 spiro atoms. The zero-order valence-corrected chi connectivity index (χ0v) is 11.7. The van der Waals surface area contributed by atoms with E-state index in [1.165, 1.54) is 42.4 Å². The van der Waals surface area contributed by atoms with E-state index in [9.17, 15) is 0 Å². The minimum Gasteiger partial charge on any atom is -0.313 e. The molecule has 1 fully saturated rings. The Morgan fingerprint density at radius 1 is 1.33 bits per heavy atom. The molecule has 2 aromatic heterocycles. The predicted molar refractivity (Wildman–Crippen MR) is 78.0 cm³/mol. The molecule has 3 heteroatoms. The average molecular weight is 260 g/mol. The number of nitrogens with one attached hydrogen (secondary N) is 1. The zero-order chi connectivity index (χ0) is 12.4. The molecular weight excluding hydrogens is 240 g/mol. The van der Waals surface area contributed by atoms with Crippen LogP contribution in [0.15, 0.2) is 23.7 Å². The Morgan fingerprint density at radius 2 is 2.17 bits per heavy atom. The van der Waals surface area contributed by atoms with Crippen LogP contribution in [0.25, 0.3) is 10.2 Å². The molecule has 2 nitrogen and oxygen atoms in total. The van der Waals surface area contributed by atoms with Gasteiger partial charge in [-0.15, -0.1) is 11.3 Å². The molecule has 0 amide bonds. The number of aromatic nitrogens is 1. The summed E-state index contributed by atoms with van der Waals surface area (Å²) in [6.07, 6.45) is 8.96. The van der Waals surface area contributed by atoms with Gasteiger partial charge in [-0.05, 0) is 48.9 Å². The van der Waals surface area contributed by atoms with Gasteiger partial charge in [0.25, 0.3) is 0 Å². The largest absolute Gasteiger partial charge is 0.313 e. The van der Waals surface area contributed by atoms with Crippen molar-refractivity contribution in [1.82, 2.24) is 10.3 Å². The maximum absolute atomic E-state index is 4.58. The third-order valence-corrected chi connectivity index (χ3v) is 4.97. The Balaban J connectivity index is 1.89. The number of nitrogens with zero attached hydrogens (tertiary/aromatic N) is 1. The Bertz CT molecular complexity index is 514. The second-order valence-electron chi connectivity index (χ2n) is 5.24. The van der Waals surface area contributed by atoms with Crippen LogP contribution in [0.2, 0.25) is 0 Å². The summed E-state index contributed by atoms with van der Waals surface area (Å²) in [5, 5.41) is 5.63. The van der Waals surface area contributed by atoms with Gasteiger partial charge in [-0.2, -0.15) is 0 Å². The lowest BCUT2D eigenvalue weighted by Crippen LogP contribution is -2.27. The van der Waals surface area contributed by atoms with Crippen LogP contribution in [-0.2, 0) is 0 Å². The maximum atomic E-state index is 4.58. The molecule has 3 rings (SSSR count). The van der Waals surface area contributed by atoms with Gasteiger partial charge in [-0.25, -0.2) is 0 Å². The van der Waals surface area contributed by atoms with Crippen molar-refractivity contribution in [2.75, 3.05) is 7.05 Å². The lowest BCUT2D eigenvalue weighted by atomic mass is 9.81. The molecule has 18 heavy (non-hydrogen) atoms. The van der Waals surface area contributed by atoms with Crippen LogP contribution in [0.3, 0.4) is 0 Å². The first-order chi connectivity index (χ1) is 8.88. The van der Waals surface area contributed by atoms with E-state index >= 15 is 0 Å². The number of rotatable bonds is 3. The highest BCUT2D eigenvalue weighted by atomic mass is 32.1. The van der Waals surface area contributed by atoms with Crippen LogP contribution in [0, 0.1) is 5.92 Å². The number of hydrogen-bond acceptors (Lipinski definition) is 3. The zero-order valence-electron chi connectivity index (χ0n) is 10.9. The Kier molecular flexibility index (Phi) is 3.62. The standard InChI is InChI=1S/C15H20N2S/c1-16-15(11-5-3-2-4-6-11)12-9-14-13(17-10-12)7-8-18-14/h7-11,15-16H,2-6H2,1H3. The van der Waals surface area contributed by atoms with Gasteiger partial charge in [0.05, 0.1) is 10.2 Å². The van der Waals surface area contributed by atoms with Gasteiger partial charge < -0.3 is 5.32 Å². The second kappa shape index (κ2) is 5.37. The highest BCUT2D eigenvalue weighted by molar-refractivity contribution is 7.17. The van der Waals surface area contributed by atoms with Crippen molar-refractivity contribution in [2.24, 2.45) is 5.92 Å². The number of thiophene rings is 1. The van der Waals surface area contributed by atoms with E-state index in [4.69, 9.17) is 0 Å². The molecule has 1 aliphatic rings. The first-order valence-corrected chi connectivity index (χ1v) is 7.77. The first kappa shape index (κ1) is 12.1. The molecule has 1 unspecified atom stereocenters. The summed E-state index contributed by atoms with van der Waals surface area (Å²) < 4.78 is 1.31. The van der Waals surface area contributed by atoms with Gasteiger partial charge >= 0.3 is 0 Å². The summed E-state index contributed by atoms with van der Waals surface area (Å²) in [5.41, 5.74) is 2.49. The molecule has 2 aromatic rings. The number of pyridine rings is 1. The van der Waals surface area contributed by atoms with Crippen LogP contribution in [0.4, 0.5) is 0 Å². The predicted octanol–water partition coefficient (Wildman–Crippen LogP) is 4.14. The number of fused-ring (bicyclic) bond motifs is 1. The van der Waals surface area contributed by atoms with Gasteiger partial charge in [0.2, 0.25) is 0 Å². The summed E-state index contributed by atoms with van der Waals surface area (Å²) in [6, 6.07) is 4.89. The number of hydrogen-bond donors (Lipinski definition) is 1. The second-order valence-corrected chi connectivity index (χ2v) is 6.18. The lowest BCUT2D eigenvalue weighted by molar-refractivity contribution is 0.281. The molecule has 0 radical (unpaired) electrons. The van der Waals surface area contributed by atoms with E-state index in [1.807, 2.05) is 0 Å². The maximum Gasteiger partial charge on any atom is 0.0809 e. The molecule has 1 N–H and O–H groups in total. The fourth-order valence-electron chi connectivity index (χ4n) is 3.17. The van der Waals surface area contributed by atoms with Crippen LogP contribution in [-0.4, -0.2) is 12.0 Å². The molecule has 96 valence electrons. The third kappa shape index (κ3) is 2.29. The van der Waals surface area contributed by atoms with Gasteiger partial charge in [-0.3, -0.25) is 4.98 Å². The molecule has 2 heterocycles. The van der Waals surface area contributed by atoms with E-state index in [0.29, 0.717) is 6.04 Å². The van der Waals surface area contributed by atoms with Gasteiger partial charge in [-0.1, -0.05) is 19.3 Å². The van der Waals surface area contributed by atoms with Crippen LogP contribution < -0.4 is 5.32 Å². The van der Waals surface area contributed by atoms with Crippen molar-refractivity contribution in [2.45, 2.75) is 38.1 Å². The van der Waals surface area contributed by atoms with E-state index in [-0.39, 0.29) is 0 Å². The first-order valence-electron chi connectivity index (χ1n) is 6.89. The lowest BCUT2D eigenvalue weighted by Gasteiger charge is -2.30. The normalized spacial score (nSPS) is 19.2. The fourth-order valence-corrected chi connectivity index (χ4v) is 3.96. The molecule has 0 aromatic carbocycles. The monoisotopic (exact) mass is 260 g/mol. The molecule has 1 aliphatic carbocycles. The fraction of sp³-hybridized carbons (Fsp3) is 0.533. The average Bonchev–Trinajstić information content (AvgIpc) is 2.88. The summed E-state index contributed by atoms with van der Waals surface area (Å²) in [7, 11) is 2.08. The molecule has 0 aliphatic heterocycles. The smallest absolute Gasteiger partial charge is 0.0809 e. The van der Waals surface area contributed by atoms with Crippen molar-refractivity contribution in [3.63, 3.8) is 0 Å². The van der Waals surface area contributed by atoms with Crippen molar-refractivity contribution >= 4 is 21.6 Å². The minimum absolute atomic E-state index is 0.476. The van der Waals surface area contributed by atoms with Crippen molar-refractivity contribution < 1.29 is 0 Å². The molecule has 0 bridgehead atoms. The molecule has 1 saturated carbocycles.